The number of carbonyl (C=O) groups is 3. The lowest BCUT2D eigenvalue weighted by Crippen LogP contribution is -2.60. The fourth-order valence-electron chi connectivity index (χ4n) is 5.37. The van der Waals surface area contributed by atoms with Crippen LogP contribution in [0.1, 0.15) is 82.7 Å². The highest BCUT2D eigenvalue weighted by Crippen LogP contribution is 2.50. The number of hydrogen-bond acceptors (Lipinski definition) is 7. The lowest BCUT2D eigenvalue weighted by atomic mass is 9.71. The van der Waals surface area contributed by atoms with Gasteiger partial charge in [-0.2, -0.15) is 0 Å². The van der Waals surface area contributed by atoms with Crippen LogP contribution in [0.25, 0.3) is 0 Å². The van der Waals surface area contributed by atoms with Crippen LogP contribution >= 0.6 is 11.3 Å². The fraction of sp³-hybridized carbons (Fsp3) is 0.520. The third-order valence-electron chi connectivity index (χ3n) is 6.86. The quantitative estimate of drug-likeness (QED) is 0.591. The molecule has 0 unspecified atom stereocenters. The van der Waals surface area contributed by atoms with E-state index < -0.39 is 17.4 Å². The van der Waals surface area contributed by atoms with Gasteiger partial charge in [-0.05, 0) is 30.4 Å². The van der Waals surface area contributed by atoms with E-state index in [1.807, 2.05) is 36.9 Å². The normalized spacial score (nSPS) is 18.9. The standard InChI is InChI=1S/C25H31N3O5S/c1-15(2)20-19(23(31)33-4)26-24(34-20)27-21(29)18-16-9-5-6-10-17(16)22(30)28(13-14-32-3)25(18)11-7-8-12-25/h5-6,9-10,15,18H,7-8,11-14H2,1-4H3,(H,26,27,29)/t18-/m1/s1. The molecule has 1 aliphatic carbocycles. The van der Waals surface area contributed by atoms with Crippen LogP contribution in [0.4, 0.5) is 5.13 Å². The fourth-order valence-corrected chi connectivity index (χ4v) is 6.33. The van der Waals surface area contributed by atoms with Gasteiger partial charge >= 0.3 is 5.97 Å². The summed E-state index contributed by atoms with van der Waals surface area (Å²) < 4.78 is 10.2. The number of carbonyl (C=O) groups excluding carboxylic acids is 3. The highest BCUT2D eigenvalue weighted by Gasteiger charge is 2.55. The number of thiazole rings is 1. The van der Waals surface area contributed by atoms with Gasteiger partial charge in [-0.1, -0.05) is 44.9 Å². The van der Waals surface area contributed by atoms with E-state index in [2.05, 4.69) is 10.3 Å². The van der Waals surface area contributed by atoms with E-state index in [0.29, 0.717) is 23.8 Å². The maximum atomic E-state index is 13.9. The highest BCUT2D eigenvalue weighted by atomic mass is 32.1. The number of benzene rings is 1. The van der Waals surface area contributed by atoms with Crippen molar-refractivity contribution in [1.29, 1.82) is 0 Å². The minimum absolute atomic E-state index is 0.0518. The Bertz CT molecular complexity index is 1090. The Morgan fingerprint density at radius 2 is 1.94 bits per heavy atom. The second-order valence-electron chi connectivity index (χ2n) is 9.15. The average Bonchev–Trinajstić information content (AvgIpc) is 3.47. The summed E-state index contributed by atoms with van der Waals surface area (Å²) in [5.74, 6) is -1.29. The number of ether oxygens (including phenoxy) is 2. The van der Waals surface area contributed by atoms with E-state index in [0.717, 1.165) is 36.1 Å². The van der Waals surface area contributed by atoms with E-state index >= 15 is 0 Å². The van der Waals surface area contributed by atoms with Crippen molar-refractivity contribution >= 4 is 34.3 Å². The molecule has 2 aromatic rings. The van der Waals surface area contributed by atoms with Crippen LogP contribution in [0, 0.1) is 0 Å². The summed E-state index contributed by atoms with van der Waals surface area (Å²) in [6.07, 6.45) is 3.39. The maximum absolute atomic E-state index is 13.9. The van der Waals surface area contributed by atoms with E-state index in [1.165, 1.54) is 18.4 Å². The molecule has 1 spiro atoms. The molecule has 4 rings (SSSR count). The molecule has 1 fully saturated rings. The predicted molar refractivity (Wildman–Crippen MR) is 129 cm³/mol. The predicted octanol–water partition coefficient (Wildman–Crippen LogP) is 4.19. The zero-order valence-electron chi connectivity index (χ0n) is 20.1. The van der Waals surface area contributed by atoms with Crippen LogP contribution in [0.3, 0.4) is 0 Å². The minimum Gasteiger partial charge on any atom is -0.464 e. The smallest absolute Gasteiger partial charge is 0.357 e. The molecule has 0 saturated heterocycles. The molecule has 0 bridgehead atoms. The summed E-state index contributed by atoms with van der Waals surface area (Å²) in [6, 6.07) is 7.36. The van der Waals surface area contributed by atoms with Gasteiger partial charge in [0.05, 0.1) is 25.2 Å². The molecule has 2 aliphatic rings. The first-order valence-electron chi connectivity index (χ1n) is 11.6. The molecule has 8 nitrogen and oxygen atoms in total. The van der Waals surface area contributed by atoms with E-state index in [4.69, 9.17) is 9.47 Å². The van der Waals surface area contributed by atoms with Crippen molar-refractivity contribution in [3.8, 4) is 0 Å². The van der Waals surface area contributed by atoms with Gasteiger partial charge in [0, 0.05) is 24.1 Å². The monoisotopic (exact) mass is 485 g/mol. The number of amides is 2. The molecule has 182 valence electrons. The molecule has 9 heteroatoms. The zero-order valence-corrected chi connectivity index (χ0v) is 20.9. The molecule has 2 amide bonds. The number of aromatic nitrogens is 1. The zero-order chi connectivity index (χ0) is 24.5. The Morgan fingerprint density at radius 1 is 1.24 bits per heavy atom. The summed E-state index contributed by atoms with van der Waals surface area (Å²) in [5, 5.41) is 3.34. The molecule has 1 atom stereocenters. The first-order chi connectivity index (χ1) is 16.3. The number of fused-ring (bicyclic) bond motifs is 1. The van der Waals surface area contributed by atoms with Crippen molar-refractivity contribution in [3.63, 3.8) is 0 Å². The molecule has 1 saturated carbocycles. The third-order valence-corrected chi connectivity index (χ3v) is 8.13. The SMILES string of the molecule is COCCN1C(=O)c2ccccc2[C@H](C(=O)Nc2nc(C(=O)OC)c(C(C)C)s2)C12CCCC2. The number of hydrogen-bond donors (Lipinski definition) is 1. The Hall–Kier alpha value is -2.78. The number of esters is 1. The van der Waals surface area contributed by atoms with Crippen molar-refractivity contribution < 1.29 is 23.9 Å². The van der Waals surface area contributed by atoms with Crippen LogP contribution < -0.4 is 5.32 Å². The minimum atomic E-state index is -0.614. The number of methoxy groups -OCH3 is 2. The van der Waals surface area contributed by atoms with Gasteiger partial charge in [0.2, 0.25) is 5.91 Å². The summed E-state index contributed by atoms with van der Waals surface area (Å²) in [6.45, 7) is 4.76. The lowest BCUT2D eigenvalue weighted by Gasteiger charge is -2.50. The first-order valence-corrected chi connectivity index (χ1v) is 12.5. The van der Waals surface area contributed by atoms with Crippen molar-refractivity contribution in [3.05, 3.63) is 46.0 Å². The Morgan fingerprint density at radius 3 is 2.59 bits per heavy atom. The maximum Gasteiger partial charge on any atom is 0.357 e. The molecular weight excluding hydrogens is 454 g/mol. The van der Waals surface area contributed by atoms with E-state index in [9.17, 15) is 14.4 Å². The van der Waals surface area contributed by atoms with Gasteiger partial charge in [0.25, 0.3) is 5.91 Å². The highest BCUT2D eigenvalue weighted by molar-refractivity contribution is 7.16. The lowest BCUT2D eigenvalue weighted by molar-refractivity contribution is -0.121. The van der Waals surface area contributed by atoms with E-state index in [1.54, 1.807) is 13.2 Å². The molecule has 1 N–H and O–H groups in total. The third kappa shape index (κ3) is 4.11. The van der Waals surface area contributed by atoms with Gasteiger partial charge in [-0.3, -0.25) is 9.59 Å². The van der Waals surface area contributed by atoms with Gasteiger partial charge in [0.1, 0.15) is 0 Å². The number of rotatable bonds is 7. The second kappa shape index (κ2) is 9.84. The van der Waals surface area contributed by atoms with Crippen molar-refractivity contribution in [1.82, 2.24) is 9.88 Å². The van der Waals surface area contributed by atoms with Gasteiger partial charge in [0.15, 0.2) is 10.8 Å². The topological polar surface area (TPSA) is 97.8 Å². The molecular formula is C25H31N3O5S. The number of anilines is 1. The molecule has 1 aromatic heterocycles. The van der Waals surface area contributed by atoms with Crippen LogP contribution in [0.2, 0.25) is 0 Å². The average molecular weight is 486 g/mol. The molecule has 1 aromatic carbocycles. The summed E-state index contributed by atoms with van der Waals surface area (Å²) in [7, 11) is 2.93. The largest absolute Gasteiger partial charge is 0.464 e. The van der Waals surface area contributed by atoms with Crippen LogP contribution in [0.15, 0.2) is 24.3 Å². The van der Waals surface area contributed by atoms with Gasteiger partial charge < -0.3 is 19.7 Å². The van der Waals surface area contributed by atoms with Crippen LogP contribution in [-0.2, 0) is 14.3 Å². The Kier molecular flexibility index (Phi) is 7.04. The Labute approximate surface area is 203 Å². The molecule has 34 heavy (non-hydrogen) atoms. The van der Waals surface area contributed by atoms with Crippen LogP contribution in [0.5, 0.6) is 0 Å². The number of nitrogens with zero attached hydrogens (tertiary/aromatic N) is 2. The van der Waals surface area contributed by atoms with Crippen molar-refractivity contribution in [2.24, 2.45) is 0 Å². The second-order valence-corrected chi connectivity index (χ2v) is 10.2. The Balaban J connectivity index is 1.75. The van der Waals surface area contributed by atoms with E-state index in [-0.39, 0.29) is 23.4 Å². The summed E-state index contributed by atoms with van der Waals surface area (Å²) in [4.78, 5) is 46.7. The van der Waals surface area contributed by atoms with Crippen LogP contribution in [-0.4, -0.2) is 60.6 Å². The molecule has 0 radical (unpaired) electrons. The van der Waals surface area contributed by atoms with Crippen molar-refractivity contribution in [2.75, 3.05) is 32.7 Å². The molecule has 2 heterocycles. The van der Waals surface area contributed by atoms with Gasteiger partial charge in [-0.25, -0.2) is 9.78 Å². The summed E-state index contributed by atoms with van der Waals surface area (Å²) >= 11 is 1.29. The summed E-state index contributed by atoms with van der Waals surface area (Å²) in [5.41, 5.74) is 0.912. The van der Waals surface area contributed by atoms with Gasteiger partial charge in [-0.15, -0.1) is 11.3 Å². The first kappa shape index (κ1) is 24.3. The number of nitrogens with one attached hydrogen (secondary N) is 1. The van der Waals surface area contributed by atoms with Crippen molar-refractivity contribution in [2.45, 2.75) is 56.9 Å². The molecule has 1 aliphatic heterocycles.